The van der Waals surface area contributed by atoms with Crippen molar-refractivity contribution in [3.8, 4) is 11.5 Å². The summed E-state index contributed by atoms with van der Waals surface area (Å²) < 4.78 is 33.6. The summed E-state index contributed by atoms with van der Waals surface area (Å²) in [4.78, 5) is 15.8. The van der Waals surface area contributed by atoms with Crippen LogP contribution in [0.1, 0.15) is 17.7 Å². The Kier molecular flexibility index (Phi) is 4.19. The predicted molar refractivity (Wildman–Crippen MR) is 101 cm³/mol. The van der Waals surface area contributed by atoms with Gasteiger partial charge in [0.15, 0.2) is 0 Å². The maximum atomic E-state index is 12.8. The van der Waals surface area contributed by atoms with Gasteiger partial charge in [0.25, 0.3) is 10.0 Å². The number of sulfonamides is 1. The van der Waals surface area contributed by atoms with Gasteiger partial charge in [0.2, 0.25) is 11.8 Å². The highest BCUT2D eigenvalue weighted by Crippen LogP contribution is 2.28. The first-order chi connectivity index (χ1) is 12.9. The molecule has 1 aliphatic heterocycles. The van der Waals surface area contributed by atoms with Crippen LogP contribution in [-0.2, 0) is 21.2 Å². The van der Waals surface area contributed by atoms with Crippen LogP contribution in [0.4, 0.5) is 11.4 Å². The highest BCUT2D eigenvalue weighted by atomic mass is 32.2. The summed E-state index contributed by atoms with van der Waals surface area (Å²) >= 11 is 0. The number of oxazole rings is 1. The summed E-state index contributed by atoms with van der Waals surface area (Å²) in [6, 6.07) is 11.6. The molecule has 27 heavy (non-hydrogen) atoms. The zero-order valence-electron chi connectivity index (χ0n) is 14.5. The van der Waals surface area contributed by atoms with E-state index in [2.05, 4.69) is 15.0 Å². The first-order valence-electron chi connectivity index (χ1n) is 8.39. The van der Waals surface area contributed by atoms with Gasteiger partial charge >= 0.3 is 0 Å². The molecule has 7 nitrogen and oxygen atoms in total. The molecule has 3 aromatic rings. The van der Waals surface area contributed by atoms with Gasteiger partial charge in [-0.3, -0.25) is 9.52 Å². The number of fused-ring (bicyclic) bond motifs is 1. The summed E-state index contributed by atoms with van der Waals surface area (Å²) in [5.74, 6) is 1.05. The Labute approximate surface area is 156 Å². The van der Waals surface area contributed by atoms with Gasteiger partial charge < -0.3 is 9.73 Å². The van der Waals surface area contributed by atoms with Crippen LogP contribution >= 0.6 is 0 Å². The standard InChI is InChI=1S/C19H17N3O4S/c1-12-11-20-19(26-12)14-3-2-4-15(9-14)22-27(24,25)16-6-7-17-13(10-16)5-8-18(23)21-17/h2-4,6-7,9-11,22H,5,8H2,1H3,(H,21,23). The first kappa shape index (κ1) is 17.3. The van der Waals surface area contributed by atoms with E-state index >= 15 is 0 Å². The minimum Gasteiger partial charge on any atom is -0.441 e. The van der Waals surface area contributed by atoms with E-state index in [0.29, 0.717) is 41.4 Å². The molecule has 2 N–H and O–H groups in total. The van der Waals surface area contributed by atoms with Crippen molar-refractivity contribution in [1.29, 1.82) is 0 Å². The molecule has 2 aromatic carbocycles. The fourth-order valence-electron chi connectivity index (χ4n) is 2.94. The van der Waals surface area contributed by atoms with E-state index in [1.165, 1.54) is 6.07 Å². The van der Waals surface area contributed by atoms with Crippen molar-refractivity contribution in [2.24, 2.45) is 0 Å². The van der Waals surface area contributed by atoms with E-state index in [-0.39, 0.29) is 10.8 Å². The zero-order valence-corrected chi connectivity index (χ0v) is 15.3. The molecule has 0 radical (unpaired) electrons. The van der Waals surface area contributed by atoms with Gasteiger partial charge in [-0.25, -0.2) is 13.4 Å². The highest BCUT2D eigenvalue weighted by molar-refractivity contribution is 7.92. The quantitative estimate of drug-likeness (QED) is 0.720. The van der Waals surface area contributed by atoms with Crippen molar-refractivity contribution in [2.45, 2.75) is 24.7 Å². The molecule has 1 amide bonds. The molecule has 4 rings (SSSR count). The molecule has 0 saturated carbocycles. The van der Waals surface area contributed by atoms with Gasteiger partial charge in [-0.15, -0.1) is 0 Å². The summed E-state index contributed by atoms with van der Waals surface area (Å²) in [5, 5.41) is 2.74. The summed E-state index contributed by atoms with van der Waals surface area (Å²) in [6.45, 7) is 1.79. The lowest BCUT2D eigenvalue weighted by molar-refractivity contribution is -0.116. The van der Waals surface area contributed by atoms with Gasteiger partial charge in [0.05, 0.1) is 11.1 Å². The Morgan fingerprint density at radius 1 is 1.15 bits per heavy atom. The molecule has 0 spiro atoms. The SMILES string of the molecule is Cc1cnc(-c2cccc(NS(=O)(=O)c3ccc4c(c3)CCC(=O)N4)c2)o1. The smallest absolute Gasteiger partial charge is 0.261 e. The minimum absolute atomic E-state index is 0.0604. The average molecular weight is 383 g/mol. The molecule has 0 fully saturated rings. The summed E-state index contributed by atoms with van der Waals surface area (Å²) in [6.07, 6.45) is 2.48. The number of aryl methyl sites for hydroxylation is 2. The monoisotopic (exact) mass is 383 g/mol. The molecular formula is C19H17N3O4S. The highest BCUT2D eigenvalue weighted by Gasteiger charge is 2.20. The van der Waals surface area contributed by atoms with Crippen LogP contribution in [0, 0.1) is 6.92 Å². The third kappa shape index (κ3) is 3.56. The van der Waals surface area contributed by atoms with E-state index in [1.54, 1.807) is 49.5 Å². The Morgan fingerprint density at radius 2 is 2.00 bits per heavy atom. The van der Waals surface area contributed by atoms with Crippen molar-refractivity contribution in [3.63, 3.8) is 0 Å². The number of nitrogens with zero attached hydrogens (tertiary/aromatic N) is 1. The molecule has 0 saturated heterocycles. The van der Waals surface area contributed by atoms with Crippen LogP contribution in [-0.4, -0.2) is 19.3 Å². The van der Waals surface area contributed by atoms with Crippen LogP contribution in [0.5, 0.6) is 0 Å². The van der Waals surface area contributed by atoms with Crippen LogP contribution in [0.2, 0.25) is 0 Å². The fraction of sp³-hybridized carbons (Fsp3) is 0.158. The number of nitrogens with one attached hydrogen (secondary N) is 2. The van der Waals surface area contributed by atoms with Gasteiger partial charge in [-0.2, -0.15) is 0 Å². The largest absolute Gasteiger partial charge is 0.441 e. The van der Waals surface area contributed by atoms with E-state index in [1.807, 2.05) is 0 Å². The number of amides is 1. The Hall–Kier alpha value is -3.13. The molecule has 0 aliphatic carbocycles. The summed E-state index contributed by atoms with van der Waals surface area (Å²) in [7, 11) is -3.77. The van der Waals surface area contributed by atoms with E-state index in [9.17, 15) is 13.2 Å². The minimum atomic E-state index is -3.77. The third-order valence-corrected chi connectivity index (χ3v) is 5.64. The number of carbonyl (C=O) groups excluding carboxylic acids is 1. The number of hydrogen-bond acceptors (Lipinski definition) is 5. The van der Waals surface area contributed by atoms with Gasteiger partial charge in [-0.05, 0) is 55.3 Å². The topological polar surface area (TPSA) is 101 Å². The van der Waals surface area contributed by atoms with Gasteiger partial charge in [-0.1, -0.05) is 6.07 Å². The first-order valence-corrected chi connectivity index (χ1v) is 9.87. The van der Waals surface area contributed by atoms with Crippen LogP contribution < -0.4 is 10.0 Å². The molecule has 2 heterocycles. The summed E-state index contributed by atoms with van der Waals surface area (Å²) in [5.41, 5.74) is 2.55. The number of anilines is 2. The number of aromatic nitrogens is 1. The molecule has 1 aliphatic rings. The van der Waals surface area contributed by atoms with E-state index in [4.69, 9.17) is 4.42 Å². The second-order valence-corrected chi connectivity index (χ2v) is 8.01. The lowest BCUT2D eigenvalue weighted by atomic mass is 10.0. The van der Waals surface area contributed by atoms with E-state index in [0.717, 1.165) is 5.56 Å². The van der Waals surface area contributed by atoms with Crippen LogP contribution in [0.15, 0.2) is 58.0 Å². The molecule has 0 atom stereocenters. The number of hydrogen-bond donors (Lipinski definition) is 2. The lowest BCUT2D eigenvalue weighted by Crippen LogP contribution is -2.20. The molecule has 0 bridgehead atoms. The Bertz CT molecular complexity index is 1140. The van der Waals surface area contributed by atoms with Crippen molar-refractivity contribution >= 4 is 27.3 Å². The normalized spacial score (nSPS) is 13.7. The van der Waals surface area contributed by atoms with E-state index < -0.39 is 10.0 Å². The molecule has 0 unspecified atom stereocenters. The van der Waals surface area contributed by atoms with Crippen molar-refractivity contribution in [3.05, 3.63) is 60.0 Å². The second-order valence-electron chi connectivity index (χ2n) is 6.33. The molecule has 138 valence electrons. The Balaban J connectivity index is 1.61. The maximum absolute atomic E-state index is 12.8. The van der Waals surface area contributed by atoms with Crippen LogP contribution in [0.25, 0.3) is 11.5 Å². The van der Waals surface area contributed by atoms with Crippen molar-refractivity contribution in [1.82, 2.24) is 4.98 Å². The molecule has 1 aromatic heterocycles. The second kappa shape index (κ2) is 6.55. The van der Waals surface area contributed by atoms with Gasteiger partial charge in [0, 0.05) is 23.4 Å². The Morgan fingerprint density at radius 3 is 2.78 bits per heavy atom. The van der Waals surface area contributed by atoms with Crippen LogP contribution in [0.3, 0.4) is 0 Å². The van der Waals surface area contributed by atoms with Crippen molar-refractivity contribution in [2.75, 3.05) is 10.0 Å². The maximum Gasteiger partial charge on any atom is 0.261 e. The number of carbonyl (C=O) groups is 1. The zero-order chi connectivity index (χ0) is 19.0. The number of rotatable bonds is 4. The molecule has 8 heteroatoms. The average Bonchev–Trinajstić information content (AvgIpc) is 3.07. The molecular weight excluding hydrogens is 366 g/mol. The predicted octanol–water partition coefficient (Wildman–Crippen LogP) is 3.34. The number of benzene rings is 2. The fourth-order valence-corrected chi connectivity index (χ4v) is 4.04. The van der Waals surface area contributed by atoms with Gasteiger partial charge in [0.1, 0.15) is 5.76 Å². The third-order valence-electron chi connectivity index (χ3n) is 4.27. The lowest BCUT2D eigenvalue weighted by Gasteiger charge is -2.18. The van der Waals surface area contributed by atoms with Crippen molar-refractivity contribution < 1.29 is 17.6 Å².